The minimum atomic E-state index is 0.565. The van der Waals surface area contributed by atoms with E-state index in [0.29, 0.717) is 4.57 Å². The molecule has 2 heteroatoms. The van der Waals surface area contributed by atoms with Crippen LogP contribution in [0.5, 0.6) is 0 Å². The average molecular weight is 168 g/mol. The van der Waals surface area contributed by atoms with Crippen molar-refractivity contribution in [1.82, 2.24) is 0 Å². The molecule has 0 bridgehead atoms. The van der Waals surface area contributed by atoms with Gasteiger partial charge in [0.2, 0.25) is 0 Å². The Morgan fingerprint density at radius 2 is 2.33 bits per heavy atom. The molecule has 0 aliphatic heterocycles. The molecule has 0 saturated carbocycles. The summed E-state index contributed by atoms with van der Waals surface area (Å²) in [5.41, 5.74) is 0. The summed E-state index contributed by atoms with van der Waals surface area (Å²) in [4.78, 5) is 0. The molecule has 0 N–H and O–H groups in total. The highest BCUT2D eigenvalue weighted by atomic mass is 79.9. The lowest BCUT2D eigenvalue weighted by Crippen LogP contribution is -1.79. The summed E-state index contributed by atoms with van der Waals surface area (Å²) >= 11 is 3.36. The highest BCUT2D eigenvalue weighted by Gasteiger charge is 1.88. The van der Waals surface area contributed by atoms with Gasteiger partial charge in [-0.05, 0) is 6.42 Å². The molecule has 2 atom stereocenters. The lowest BCUT2D eigenvalue weighted by molar-refractivity contribution is 0.945. The van der Waals surface area contributed by atoms with Crippen molar-refractivity contribution in [2.45, 2.75) is 17.4 Å². The molecule has 0 rings (SSSR count). The predicted octanol–water partition coefficient (Wildman–Crippen LogP) is 2.20. The summed E-state index contributed by atoms with van der Waals surface area (Å²) in [6.45, 7) is 3.68. The van der Waals surface area contributed by atoms with E-state index in [4.69, 9.17) is 0 Å². The Balaban J connectivity index is 2.63. The van der Waals surface area contributed by atoms with E-state index in [0.717, 1.165) is 12.8 Å². The zero-order valence-electron chi connectivity index (χ0n) is 3.65. The molecule has 37 valence electrons. The van der Waals surface area contributed by atoms with Crippen molar-refractivity contribution < 1.29 is 0 Å². The molecule has 0 spiro atoms. The highest BCUT2D eigenvalue weighted by molar-refractivity contribution is 9.10. The standard InChI is InChI=1S/C4H9BrP/c1-2-3-4(5)6/h4H,1-3,6H2. The van der Waals surface area contributed by atoms with Gasteiger partial charge in [-0.3, -0.25) is 0 Å². The molecule has 0 aliphatic carbocycles. The minimum absolute atomic E-state index is 0.565. The first-order valence-electron chi connectivity index (χ1n) is 1.96. The Kier molecular flexibility index (Phi) is 4.70. The Morgan fingerprint density at radius 1 is 1.83 bits per heavy atom. The second-order valence-electron chi connectivity index (χ2n) is 1.16. The maximum atomic E-state index is 3.68. The third-order valence-corrected chi connectivity index (χ3v) is 1.27. The van der Waals surface area contributed by atoms with E-state index < -0.39 is 0 Å². The molecule has 6 heavy (non-hydrogen) atoms. The van der Waals surface area contributed by atoms with E-state index in [2.05, 4.69) is 32.1 Å². The van der Waals surface area contributed by atoms with Gasteiger partial charge in [0.05, 0.1) is 0 Å². The van der Waals surface area contributed by atoms with Gasteiger partial charge in [-0.1, -0.05) is 29.3 Å². The molecule has 0 aromatic carbocycles. The van der Waals surface area contributed by atoms with Crippen LogP contribution in [0.3, 0.4) is 0 Å². The van der Waals surface area contributed by atoms with Crippen LogP contribution in [-0.2, 0) is 0 Å². The van der Waals surface area contributed by atoms with Gasteiger partial charge in [-0.2, -0.15) is 0 Å². The number of hydrogen-bond acceptors (Lipinski definition) is 0. The van der Waals surface area contributed by atoms with Gasteiger partial charge in [0.15, 0.2) is 0 Å². The van der Waals surface area contributed by atoms with Crippen LogP contribution >= 0.6 is 25.2 Å². The Labute approximate surface area is 50.0 Å². The van der Waals surface area contributed by atoms with Crippen molar-refractivity contribution in [3.63, 3.8) is 0 Å². The summed E-state index contributed by atoms with van der Waals surface area (Å²) in [6.07, 6.45) is 2.16. The second-order valence-corrected chi connectivity index (χ2v) is 4.12. The fraction of sp³-hybridized carbons (Fsp3) is 0.750. The van der Waals surface area contributed by atoms with E-state index in [9.17, 15) is 0 Å². The first-order valence-corrected chi connectivity index (χ1v) is 3.54. The Bertz CT molecular complexity index is 28.7. The predicted molar refractivity (Wildman–Crippen MR) is 37.0 cm³/mol. The van der Waals surface area contributed by atoms with E-state index in [1.165, 1.54) is 0 Å². The normalized spacial score (nSPS) is 14.5. The first kappa shape index (κ1) is 6.91. The molecule has 0 amide bonds. The summed E-state index contributed by atoms with van der Waals surface area (Å²) in [6, 6.07) is 0. The van der Waals surface area contributed by atoms with Gasteiger partial charge >= 0.3 is 0 Å². The summed E-state index contributed by atoms with van der Waals surface area (Å²) in [5.74, 6) is 0. The highest BCUT2D eigenvalue weighted by Crippen LogP contribution is 2.13. The lowest BCUT2D eigenvalue weighted by Gasteiger charge is -1.93. The zero-order chi connectivity index (χ0) is 4.99. The Hall–Kier alpha value is 0.910. The fourth-order valence-electron chi connectivity index (χ4n) is 0.195. The summed E-state index contributed by atoms with van der Waals surface area (Å²) in [7, 11) is 2.66. The van der Waals surface area contributed by atoms with Gasteiger partial charge in [0.25, 0.3) is 0 Å². The van der Waals surface area contributed by atoms with Crippen LogP contribution in [-0.4, -0.2) is 4.57 Å². The van der Waals surface area contributed by atoms with E-state index in [-0.39, 0.29) is 0 Å². The molecule has 0 aliphatic rings. The van der Waals surface area contributed by atoms with E-state index >= 15 is 0 Å². The maximum absolute atomic E-state index is 3.68. The van der Waals surface area contributed by atoms with Crippen LogP contribution < -0.4 is 0 Å². The van der Waals surface area contributed by atoms with Crippen LogP contribution in [0, 0.1) is 6.92 Å². The SMILES string of the molecule is [CH2]CCC(P)Br. The van der Waals surface area contributed by atoms with E-state index in [1.807, 2.05) is 0 Å². The van der Waals surface area contributed by atoms with Crippen molar-refractivity contribution in [3.05, 3.63) is 6.92 Å². The molecule has 0 aromatic heterocycles. The third-order valence-electron chi connectivity index (χ3n) is 0.480. The topological polar surface area (TPSA) is 0 Å². The number of halogens is 1. The van der Waals surface area contributed by atoms with E-state index in [1.54, 1.807) is 0 Å². The van der Waals surface area contributed by atoms with Gasteiger partial charge in [-0.15, -0.1) is 9.24 Å². The Morgan fingerprint density at radius 3 is 2.33 bits per heavy atom. The largest absolute Gasteiger partial charge is 0.123 e. The minimum Gasteiger partial charge on any atom is -0.123 e. The fourth-order valence-corrected chi connectivity index (χ4v) is 0.754. The zero-order valence-corrected chi connectivity index (χ0v) is 6.39. The number of rotatable bonds is 2. The summed E-state index contributed by atoms with van der Waals surface area (Å²) < 4.78 is 0.565. The van der Waals surface area contributed by atoms with Crippen LogP contribution in [0.2, 0.25) is 0 Å². The van der Waals surface area contributed by atoms with Crippen LogP contribution in [0.1, 0.15) is 12.8 Å². The maximum Gasteiger partial charge on any atom is 0.0288 e. The molecule has 0 saturated heterocycles. The van der Waals surface area contributed by atoms with Crippen molar-refractivity contribution >= 4 is 25.2 Å². The molecule has 0 nitrogen and oxygen atoms in total. The monoisotopic (exact) mass is 167 g/mol. The summed E-state index contributed by atoms with van der Waals surface area (Å²) in [5, 5.41) is 0. The van der Waals surface area contributed by atoms with Gasteiger partial charge < -0.3 is 0 Å². The van der Waals surface area contributed by atoms with Gasteiger partial charge in [0.1, 0.15) is 0 Å². The molecule has 0 heterocycles. The molecule has 1 radical (unpaired) electrons. The number of alkyl halides is 1. The number of hydrogen-bond donors (Lipinski definition) is 0. The molecule has 0 aromatic rings. The smallest absolute Gasteiger partial charge is 0.0288 e. The van der Waals surface area contributed by atoms with Crippen LogP contribution in [0.25, 0.3) is 0 Å². The third kappa shape index (κ3) is 4.91. The van der Waals surface area contributed by atoms with Gasteiger partial charge in [0, 0.05) is 4.57 Å². The van der Waals surface area contributed by atoms with Gasteiger partial charge in [-0.25, -0.2) is 0 Å². The second kappa shape index (κ2) is 4.08. The molecular formula is C4H9BrP. The molecule has 2 unspecified atom stereocenters. The molecule has 0 fully saturated rings. The average Bonchev–Trinajstić information content (AvgIpc) is 1.35. The van der Waals surface area contributed by atoms with Crippen molar-refractivity contribution in [3.8, 4) is 0 Å². The first-order chi connectivity index (χ1) is 2.77. The van der Waals surface area contributed by atoms with Crippen molar-refractivity contribution in [2.75, 3.05) is 0 Å². The van der Waals surface area contributed by atoms with Crippen molar-refractivity contribution in [1.29, 1.82) is 0 Å². The van der Waals surface area contributed by atoms with Crippen LogP contribution in [0.15, 0.2) is 0 Å². The van der Waals surface area contributed by atoms with Crippen molar-refractivity contribution in [2.24, 2.45) is 0 Å². The quantitative estimate of drug-likeness (QED) is 0.437. The lowest BCUT2D eigenvalue weighted by atomic mass is 10.4. The molecular weight excluding hydrogens is 159 g/mol. The van der Waals surface area contributed by atoms with Crippen LogP contribution in [0.4, 0.5) is 0 Å².